The van der Waals surface area contributed by atoms with E-state index >= 15 is 0 Å². The van der Waals surface area contributed by atoms with Crippen molar-refractivity contribution in [3.05, 3.63) is 27.7 Å². The van der Waals surface area contributed by atoms with Crippen LogP contribution in [-0.4, -0.2) is 32.3 Å². The van der Waals surface area contributed by atoms with Crippen molar-refractivity contribution >= 4 is 41.6 Å². The molecule has 110 valence electrons. The Morgan fingerprint density at radius 2 is 1.85 bits per heavy atom. The van der Waals surface area contributed by atoms with Crippen LogP contribution in [0.5, 0.6) is 0 Å². The molecule has 1 aliphatic heterocycles. The molecule has 1 aromatic rings. The summed E-state index contributed by atoms with van der Waals surface area (Å²) < 4.78 is 23.7. The van der Waals surface area contributed by atoms with E-state index < -0.39 is 9.05 Å². The van der Waals surface area contributed by atoms with E-state index in [0.29, 0.717) is 28.7 Å². The van der Waals surface area contributed by atoms with Gasteiger partial charge in [0.15, 0.2) is 0 Å². The Bertz CT molecular complexity index is 639. The summed E-state index contributed by atoms with van der Waals surface area (Å²) in [6.07, 6.45) is 3.10. The number of halogens is 2. The first-order valence-corrected chi connectivity index (χ1v) is 9.45. The molecule has 1 heterocycles. The highest BCUT2D eigenvalue weighted by Gasteiger charge is 2.24. The molecule has 1 aliphatic rings. The van der Waals surface area contributed by atoms with E-state index in [9.17, 15) is 13.2 Å². The minimum Gasteiger partial charge on any atom is -0.339 e. The molecule has 0 N–H and O–H groups in total. The number of hydrogen-bond donors (Lipinski definition) is 0. The third kappa shape index (κ3) is 3.35. The maximum Gasteiger partial charge on any atom is 0.261 e. The van der Waals surface area contributed by atoms with Gasteiger partial charge in [0, 0.05) is 33.8 Å². The summed E-state index contributed by atoms with van der Waals surface area (Å²) in [5, 5.41) is 0. The zero-order chi connectivity index (χ0) is 14.9. The van der Waals surface area contributed by atoms with Crippen molar-refractivity contribution < 1.29 is 13.2 Å². The van der Waals surface area contributed by atoms with Crippen LogP contribution in [-0.2, 0) is 9.05 Å². The van der Waals surface area contributed by atoms with Gasteiger partial charge in [-0.05, 0) is 43.9 Å². The van der Waals surface area contributed by atoms with E-state index in [2.05, 4.69) is 15.9 Å². The Hall–Kier alpha value is -0.590. The van der Waals surface area contributed by atoms with Gasteiger partial charge in [-0.25, -0.2) is 8.42 Å². The number of hydrogen-bond acceptors (Lipinski definition) is 3. The van der Waals surface area contributed by atoms with Crippen LogP contribution in [0.4, 0.5) is 0 Å². The third-order valence-electron chi connectivity index (χ3n) is 3.46. The number of nitrogens with zero attached hydrogens (tertiary/aromatic N) is 1. The zero-order valence-corrected chi connectivity index (χ0v) is 14.2. The predicted octanol–water partition coefficient (Wildman–Crippen LogP) is 3.31. The van der Waals surface area contributed by atoms with Gasteiger partial charge in [-0.1, -0.05) is 15.9 Å². The maximum atomic E-state index is 12.5. The third-order valence-corrected chi connectivity index (χ3v) is 5.37. The summed E-state index contributed by atoms with van der Waals surface area (Å²) >= 11 is 3.24. The van der Waals surface area contributed by atoms with Gasteiger partial charge in [0.05, 0.1) is 4.90 Å². The highest BCUT2D eigenvalue weighted by molar-refractivity contribution is 9.10. The summed E-state index contributed by atoms with van der Waals surface area (Å²) in [7, 11) is 1.55. The molecule has 0 spiro atoms. The lowest BCUT2D eigenvalue weighted by molar-refractivity contribution is 0.0723. The fourth-order valence-corrected chi connectivity index (χ4v) is 4.23. The van der Waals surface area contributed by atoms with Gasteiger partial charge >= 0.3 is 0 Å². The molecule has 1 fully saturated rings. The molecule has 1 saturated heterocycles. The minimum atomic E-state index is -3.87. The number of benzene rings is 1. The number of amides is 1. The van der Waals surface area contributed by atoms with Crippen molar-refractivity contribution in [3.63, 3.8) is 0 Å². The lowest BCUT2D eigenvalue weighted by Crippen LogP contribution is -2.36. The number of likely N-dealkylation sites (tertiary alicyclic amines) is 1. The van der Waals surface area contributed by atoms with E-state index in [-0.39, 0.29) is 10.8 Å². The van der Waals surface area contributed by atoms with Crippen LogP contribution in [0.3, 0.4) is 0 Å². The summed E-state index contributed by atoms with van der Waals surface area (Å²) in [6, 6.07) is 3.07. The Morgan fingerprint density at radius 3 is 2.40 bits per heavy atom. The molecule has 0 aromatic heterocycles. The van der Waals surface area contributed by atoms with Gasteiger partial charge in [-0.3, -0.25) is 4.79 Å². The molecule has 1 amide bonds. The number of rotatable bonds is 2. The largest absolute Gasteiger partial charge is 0.339 e. The van der Waals surface area contributed by atoms with Crippen LogP contribution in [0, 0.1) is 6.92 Å². The van der Waals surface area contributed by atoms with Gasteiger partial charge in [-0.2, -0.15) is 0 Å². The van der Waals surface area contributed by atoms with Gasteiger partial charge in [-0.15, -0.1) is 0 Å². The number of carbonyl (C=O) groups is 1. The standard InChI is InChI=1S/C13H15BrClNO3S/c1-9-11(13(17)16-5-3-2-4-6-16)7-10(14)8-12(9)20(15,18)19/h7-8H,2-6H2,1H3. The molecule has 4 nitrogen and oxygen atoms in total. The molecule has 0 atom stereocenters. The first kappa shape index (κ1) is 15.8. The molecule has 0 radical (unpaired) electrons. The molecule has 0 saturated carbocycles. The van der Waals surface area contributed by atoms with E-state index in [1.165, 1.54) is 6.07 Å². The topological polar surface area (TPSA) is 54.5 Å². The monoisotopic (exact) mass is 379 g/mol. The smallest absolute Gasteiger partial charge is 0.261 e. The second-order valence-corrected chi connectivity index (χ2v) is 8.32. The van der Waals surface area contributed by atoms with Crippen LogP contribution >= 0.6 is 26.6 Å². The molecule has 2 rings (SSSR count). The van der Waals surface area contributed by atoms with E-state index in [0.717, 1.165) is 19.3 Å². The average Bonchev–Trinajstić information content (AvgIpc) is 2.40. The lowest BCUT2D eigenvalue weighted by atomic mass is 10.1. The second-order valence-electron chi connectivity index (χ2n) is 4.87. The van der Waals surface area contributed by atoms with Crippen molar-refractivity contribution in [2.45, 2.75) is 31.1 Å². The van der Waals surface area contributed by atoms with Crippen LogP contribution < -0.4 is 0 Å². The van der Waals surface area contributed by atoms with Crippen LogP contribution in [0.15, 0.2) is 21.5 Å². The first-order valence-electron chi connectivity index (χ1n) is 6.35. The molecule has 0 bridgehead atoms. The summed E-state index contributed by atoms with van der Waals surface area (Å²) in [4.78, 5) is 14.3. The highest BCUT2D eigenvalue weighted by atomic mass is 79.9. The fourth-order valence-electron chi connectivity index (χ4n) is 2.40. The molecular formula is C13H15BrClNO3S. The predicted molar refractivity (Wildman–Crippen MR) is 81.7 cm³/mol. The minimum absolute atomic E-state index is 0.0195. The van der Waals surface area contributed by atoms with Crippen molar-refractivity contribution in [3.8, 4) is 0 Å². The van der Waals surface area contributed by atoms with Crippen molar-refractivity contribution in [2.75, 3.05) is 13.1 Å². The maximum absolute atomic E-state index is 12.5. The highest BCUT2D eigenvalue weighted by Crippen LogP contribution is 2.28. The van der Waals surface area contributed by atoms with E-state index in [1.54, 1.807) is 17.9 Å². The van der Waals surface area contributed by atoms with Gasteiger partial charge in [0.25, 0.3) is 15.0 Å². The van der Waals surface area contributed by atoms with Crippen molar-refractivity contribution in [1.29, 1.82) is 0 Å². The van der Waals surface area contributed by atoms with Crippen molar-refractivity contribution in [2.24, 2.45) is 0 Å². The Balaban J connectivity index is 2.46. The Kier molecular flexibility index (Phi) is 4.76. The molecular weight excluding hydrogens is 366 g/mol. The SMILES string of the molecule is Cc1c(C(=O)N2CCCCC2)cc(Br)cc1S(=O)(=O)Cl. The average molecular weight is 381 g/mol. The van der Waals surface area contributed by atoms with Gasteiger partial charge < -0.3 is 4.90 Å². The Morgan fingerprint density at radius 1 is 1.25 bits per heavy atom. The molecule has 1 aromatic carbocycles. The van der Waals surface area contributed by atoms with Crippen molar-refractivity contribution in [1.82, 2.24) is 4.90 Å². The molecule has 0 unspecified atom stereocenters. The quantitative estimate of drug-likeness (QED) is 0.740. The van der Waals surface area contributed by atoms with E-state index in [4.69, 9.17) is 10.7 Å². The van der Waals surface area contributed by atoms with E-state index in [1.807, 2.05) is 0 Å². The Labute approximate surface area is 131 Å². The second kappa shape index (κ2) is 6.03. The molecule has 7 heteroatoms. The fraction of sp³-hybridized carbons (Fsp3) is 0.462. The lowest BCUT2D eigenvalue weighted by Gasteiger charge is -2.27. The number of carbonyl (C=O) groups excluding carboxylic acids is 1. The molecule has 20 heavy (non-hydrogen) atoms. The molecule has 0 aliphatic carbocycles. The van der Waals surface area contributed by atoms with Crippen LogP contribution in [0.25, 0.3) is 0 Å². The zero-order valence-electron chi connectivity index (χ0n) is 11.0. The van der Waals surface area contributed by atoms with Crippen LogP contribution in [0.2, 0.25) is 0 Å². The van der Waals surface area contributed by atoms with Crippen LogP contribution in [0.1, 0.15) is 35.2 Å². The summed E-state index contributed by atoms with van der Waals surface area (Å²) in [5.41, 5.74) is 0.791. The first-order chi connectivity index (χ1) is 9.30. The normalized spacial score (nSPS) is 16.2. The van der Waals surface area contributed by atoms with Gasteiger partial charge in [0.1, 0.15) is 0 Å². The summed E-state index contributed by atoms with van der Waals surface area (Å²) in [5.74, 6) is -0.134. The van der Waals surface area contributed by atoms with Gasteiger partial charge in [0.2, 0.25) is 0 Å². The summed E-state index contributed by atoms with van der Waals surface area (Å²) in [6.45, 7) is 3.04. The number of piperidine rings is 1.